The van der Waals surface area contributed by atoms with Crippen molar-refractivity contribution in [3.63, 3.8) is 0 Å². The van der Waals surface area contributed by atoms with E-state index in [0.29, 0.717) is 12.3 Å². The number of likely N-dealkylation sites (tertiary alicyclic amines) is 1. The highest BCUT2D eigenvalue weighted by molar-refractivity contribution is 8.00. The fraction of sp³-hybridized carbons (Fsp3) is 0.381. The third kappa shape index (κ3) is 5.62. The Balaban J connectivity index is 1.41. The molecule has 25 heavy (non-hydrogen) atoms. The van der Waals surface area contributed by atoms with E-state index >= 15 is 0 Å². The quantitative estimate of drug-likeness (QED) is 0.763. The molecule has 1 heterocycles. The van der Waals surface area contributed by atoms with Crippen molar-refractivity contribution in [2.75, 3.05) is 18.8 Å². The van der Waals surface area contributed by atoms with Gasteiger partial charge in [0.2, 0.25) is 5.91 Å². The van der Waals surface area contributed by atoms with Crippen LogP contribution in [0.1, 0.15) is 29.5 Å². The van der Waals surface area contributed by atoms with E-state index in [0.717, 1.165) is 12.1 Å². The van der Waals surface area contributed by atoms with Gasteiger partial charge >= 0.3 is 0 Å². The highest BCUT2D eigenvalue weighted by atomic mass is 32.2. The molecule has 0 spiro atoms. The van der Waals surface area contributed by atoms with Gasteiger partial charge in [-0.2, -0.15) is 0 Å². The molecule has 1 aliphatic rings. The highest BCUT2D eigenvalue weighted by Crippen LogP contribution is 2.21. The number of rotatable bonds is 7. The molecule has 0 aromatic heterocycles. The van der Waals surface area contributed by atoms with Crippen LogP contribution < -0.4 is 5.32 Å². The second-order valence-corrected chi connectivity index (χ2v) is 7.65. The van der Waals surface area contributed by atoms with Gasteiger partial charge in [-0.05, 0) is 55.6 Å². The van der Waals surface area contributed by atoms with Crippen molar-refractivity contribution in [1.82, 2.24) is 10.2 Å². The number of carbonyl (C=O) groups is 1. The van der Waals surface area contributed by atoms with Gasteiger partial charge in [-0.1, -0.05) is 42.5 Å². The minimum Gasteiger partial charge on any atom is -0.351 e. The maximum absolute atomic E-state index is 12.1. The minimum absolute atomic E-state index is 0.0781. The molecular weight excluding hydrogens is 328 g/mol. The number of hydrogen-bond acceptors (Lipinski definition) is 3. The standard InChI is InChI=1S/C21H26N2OS/c1-17-6-2-3-7-20(17)25-16-21(24)22-14-18-8-10-19(11-9-18)15-23-12-4-5-13-23/h2-3,6-11H,4-5,12-16H2,1H3,(H,22,24). The zero-order valence-corrected chi connectivity index (χ0v) is 15.6. The van der Waals surface area contributed by atoms with Crippen LogP contribution in [0.4, 0.5) is 0 Å². The SMILES string of the molecule is Cc1ccccc1SCC(=O)NCc1ccc(CN2CCCC2)cc1. The molecule has 1 N–H and O–H groups in total. The maximum Gasteiger partial charge on any atom is 0.230 e. The third-order valence-corrected chi connectivity index (χ3v) is 5.75. The molecule has 0 unspecified atom stereocenters. The molecule has 0 atom stereocenters. The average molecular weight is 355 g/mol. The summed E-state index contributed by atoms with van der Waals surface area (Å²) in [5.74, 6) is 0.534. The second kappa shape index (κ2) is 9.07. The van der Waals surface area contributed by atoms with Crippen molar-refractivity contribution in [2.24, 2.45) is 0 Å². The lowest BCUT2D eigenvalue weighted by molar-refractivity contribution is -0.118. The third-order valence-electron chi connectivity index (χ3n) is 4.57. The van der Waals surface area contributed by atoms with Crippen LogP contribution in [0.25, 0.3) is 0 Å². The van der Waals surface area contributed by atoms with Crippen molar-refractivity contribution in [1.29, 1.82) is 0 Å². The van der Waals surface area contributed by atoms with Crippen LogP contribution >= 0.6 is 11.8 Å². The Hall–Kier alpha value is -1.78. The van der Waals surface area contributed by atoms with Crippen LogP contribution in [-0.4, -0.2) is 29.6 Å². The molecule has 2 aromatic rings. The minimum atomic E-state index is 0.0781. The van der Waals surface area contributed by atoms with Gasteiger partial charge in [0.15, 0.2) is 0 Å². The van der Waals surface area contributed by atoms with Gasteiger partial charge in [0.25, 0.3) is 0 Å². The summed E-state index contributed by atoms with van der Waals surface area (Å²) in [4.78, 5) is 15.7. The Kier molecular flexibility index (Phi) is 6.54. The molecule has 1 saturated heterocycles. The first-order valence-electron chi connectivity index (χ1n) is 8.96. The molecule has 1 amide bonds. The van der Waals surface area contributed by atoms with Gasteiger partial charge in [-0.3, -0.25) is 9.69 Å². The van der Waals surface area contributed by atoms with E-state index in [-0.39, 0.29) is 5.91 Å². The van der Waals surface area contributed by atoms with Crippen LogP contribution in [-0.2, 0) is 17.9 Å². The molecular formula is C21H26N2OS. The van der Waals surface area contributed by atoms with Gasteiger partial charge in [0.05, 0.1) is 5.75 Å². The lowest BCUT2D eigenvalue weighted by atomic mass is 10.1. The van der Waals surface area contributed by atoms with Crippen LogP contribution in [0.5, 0.6) is 0 Å². The largest absolute Gasteiger partial charge is 0.351 e. The van der Waals surface area contributed by atoms with E-state index in [9.17, 15) is 4.79 Å². The number of benzene rings is 2. The Morgan fingerprint density at radius 1 is 1.04 bits per heavy atom. The number of carbonyl (C=O) groups excluding carboxylic acids is 1. The monoisotopic (exact) mass is 354 g/mol. The average Bonchev–Trinajstić information content (AvgIpc) is 3.13. The molecule has 0 radical (unpaired) electrons. The Morgan fingerprint density at radius 3 is 2.44 bits per heavy atom. The van der Waals surface area contributed by atoms with E-state index in [2.05, 4.69) is 53.5 Å². The smallest absolute Gasteiger partial charge is 0.230 e. The lowest BCUT2D eigenvalue weighted by Gasteiger charge is -2.14. The number of nitrogens with one attached hydrogen (secondary N) is 1. The maximum atomic E-state index is 12.1. The molecule has 3 nitrogen and oxygen atoms in total. The number of thioether (sulfide) groups is 1. The number of amides is 1. The summed E-state index contributed by atoms with van der Waals surface area (Å²) in [5, 5.41) is 3.01. The lowest BCUT2D eigenvalue weighted by Crippen LogP contribution is -2.24. The summed E-state index contributed by atoms with van der Waals surface area (Å²) < 4.78 is 0. The number of hydrogen-bond donors (Lipinski definition) is 1. The highest BCUT2D eigenvalue weighted by Gasteiger charge is 2.11. The number of nitrogens with zero attached hydrogens (tertiary/aromatic N) is 1. The van der Waals surface area contributed by atoms with E-state index in [1.807, 2.05) is 12.1 Å². The van der Waals surface area contributed by atoms with Crippen molar-refractivity contribution >= 4 is 17.7 Å². The zero-order valence-electron chi connectivity index (χ0n) is 14.8. The number of aryl methyl sites for hydroxylation is 1. The van der Waals surface area contributed by atoms with E-state index < -0.39 is 0 Å². The van der Waals surface area contributed by atoms with Crippen molar-refractivity contribution in [3.8, 4) is 0 Å². The second-order valence-electron chi connectivity index (χ2n) is 6.63. The predicted molar refractivity (Wildman–Crippen MR) is 105 cm³/mol. The molecule has 1 aliphatic heterocycles. The van der Waals surface area contributed by atoms with Gasteiger partial charge < -0.3 is 5.32 Å². The molecule has 3 rings (SSSR count). The van der Waals surface area contributed by atoms with Crippen molar-refractivity contribution in [2.45, 2.75) is 37.8 Å². The summed E-state index contributed by atoms with van der Waals surface area (Å²) in [6.45, 7) is 6.15. The summed E-state index contributed by atoms with van der Waals surface area (Å²) in [6, 6.07) is 16.8. The summed E-state index contributed by atoms with van der Waals surface area (Å²) in [7, 11) is 0. The van der Waals surface area contributed by atoms with Crippen molar-refractivity contribution < 1.29 is 4.79 Å². The first-order valence-corrected chi connectivity index (χ1v) is 9.94. The first kappa shape index (κ1) is 18.0. The molecule has 132 valence electrons. The summed E-state index contributed by atoms with van der Waals surface area (Å²) in [5.41, 5.74) is 3.72. The molecule has 0 bridgehead atoms. The van der Waals surface area contributed by atoms with Crippen LogP contribution in [0, 0.1) is 6.92 Å². The fourth-order valence-corrected chi connectivity index (χ4v) is 3.93. The summed E-state index contributed by atoms with van der Waals surface area (Å²) in [6.07, 6.45) is 2.65. The van der Waals surface area contributed by atoms with Crippen LogP contribution in [0.3, 0.4) is 0 Å². The Labute approximate surface area is 154 Å². The molecule has 4 heteroatoms. The molecule has 0 aliphatic carbocycles. The van der Waals surface area contributed by atoms with Gasteiger partial charge in [0, 0.05) is 18.0 Å². The first-order chi connectivity index (χ1) is 12.2. The normalized spacial score (nSPS) is 14.6. The predicted octanol–water partition coefficient (Wildman–Crippen LogP) is 4.00. The summed E-state index contributed by atoms with van der Waals surface area (Å²) >= 11 is 1.59. The zero-order chi connectivity index (χ0) is 17.5. The van der Waals surface area contributed by atoms with Gasteiger partial charge in [0.1, 0.15) is 0 Å². The van der Waals surface area contributed by atoms with Gasteiger partial charge in [-0.15, -0.1) is 11.8 Å². The topological polar surface area (TPSA) is 32.3 Å². The van der Waals surface area contributed by atoms with Crippen LogP contribution in [0.15, 0.2) is 53.4 Å². The van der Waals surface area contributed by atoms with Crippen molar-refractivity contribution in [3.05, 3.63) is 65.2 Å². The molecule has 1 fully saturated rings. The van der Waals surface area contributed by atoms with E-state index in [1.54, 1.807) is 11.8 Å². The van der Waals surface area contributed by atoms with E-state index in [4.69, 9.17) is 0 Å². The molecule has 2 aromatic carbocycles. The Morgan fingerprint density at radius 2 is 1.72 bits per heavy atom. The fourth-order valence-electron chi connectivity index (χ4n) is 3.07. The molecule has 0 saturated carbocycles. The Bertz CT molecular complexity index is 693. The van der Waals surface area contributed by atoms with E-state index in [1.165, 1.54) is 42.0 Å². The van der Waals surface area contributed by atoms with Gasteiger partial charge in [-0.25, -0.2) is 0 Å². The van der Waals surface area contributed by atoms with Crippen LogP contribution in [0.2, 0.25) is 0 Å².